The van der Waals surface area contributed by atoms with Gasteiger partial charge in [0.05, 0.1) is 12.8 Å². The standard InChI is InChI=1S/C15H24N2O2/c1-12-10-17(13(8-9-18)11-16(12)2)14-6-4-5-7-15(14)19-3/h4-7,12-13,18H,8-11H2,1-3H3. The van der Waals surface area contributed by atoms with Crippen molar-refractivity contribution >= 4 is 5.69 Å². The van der Waals surface area contributed by atoms with Crippen molar-refractivity contribution in [3.63, 3.8) is 0 Å². The van der Waals surface area contributed by atoms with E-state index in [-0.39, 0.29) is 6.61 Å². The lowest BCUT2D eigenvalue weighted by atomic mass is 10.0. The molecule has 1 heterocycles. The summed E-state index contributed by atoms with van der Waals surface area (Å²) in [7, 11) is 3.86. The van der Waals surface area contributed by atoms with E-state index in [0.717, 1.165) is 30.9 Å². The van der Waals surface area contributed by atoms with Gasteiger partial charge in [-0.3, -0.25) is 4.90 Å². The average molecular weight is 264 g/mol. The second-order valence-corrected chi connectivity index (χ2v) is 5.28. The van der Waals surface area contributed by atoms with Gasteiger partial charge in [-0.2, -0.15) is 0 Å². The van der Waals surface area contributed by atoms with Crippen molar-refractivity contribution in [2.75, 3.05) is 38.8 Å². The number of methoxy groups -OCH3 is 1. The lowest BCUT2D eigenvalue weighted by Gasteiger charge is -2.45. The van der Waals surface area contributed by atoms with Crippen LogP contribution in [0.1, 0.15) is 13.3 Å². The largest absolute Gasteiger partial charge is 0.495 e. The van der Waals surface area contributed by atoms with Crippen molar-refractivity contribution in [3.05, 3.63) is 24.3 Å². The number of hydrogen-bond donors (Lipinski definition) is 1. The summed E-state index contributed by atoms with van der Waals surface area (Å²) in [5.41, 5.74) is 1.13. The first-order chi connectivity index (χ1) is 9.17. The molecule has 1 aromatic rings. The van der Waals surface area contributed by atoms with Crippen molar-refractivity contribution in [2.24, 2.45) is 0 Å². The van der Waals surface area contributed by atoms with E-state index in [0.29, 0.717) is 12.1 Å². The number of aliphatic hydroxyl groups is 1. The van der Waals surface area contributed by atoms with Crippen LogP contribution >= 0.6 is 0 Å². The molecule has 0 aliphatic carbocycles. The molecule has 0 saturated carbocycles. The van der Waals surface area contributed by atoms with E-state index in [1.165, 1.54) is 0 Å². The van der Waals surface area contributed by atoms with Gasteiger partial charge in [0.1, 0.15) is 5.75 Å². The van der Waals surface area contributed by atoms with Crippen molar-refractivity contribution < 1.29 is 9.84 Å². The molecule has 2 atom stereocenters. The molecule has 1 aromatic carbocycles. The molecule has 0 radical (unpaired) electrons. The fourth-order valence-corrected chi connectivity index (χ4v) is 2.74. The smallest absolute Gasteiger partial charge is 0.142 e. The highest BCUT2D eigenvalue weighted by Crippen LogP contribution is 2.32. The summed E-state index contributed by atoms with van der Waals surface area (Å²) in [6.07, 6.45) is 0.787. The Morgan fingerprint density at radius 1 is 1.32 bits per heavy atom. The summed E-state index contributed by atoms with van der Waals surface area (Å²) in [5, 5.41) is 9.29. The number of ether oxygens (including phenoxy) is 1. The fourth-order valence-electron chi connectivity index (χ4n) is 2.74. The third-order valence-electron chi connectivity index (χ3n) is 4.01. The van der Waals surface area contributed by atoms with Gasteiger partial charge in [-0.25, -0.2) is 0 Å². The molecule has 0 aromatic heterocycles. The molecular formula is C15H24N2O2. The Morgan fingerprint density at radius 3 is 2.74 bits per heavy atom. The van der Waals surface area contributed by atoms with Crippen molar-refractivity contribution in [3.8, 4) is 5.75 Å². The SMILES string of the molecule is COc1ccccc1N1CC(C)N(C)CC1CCO. The molecule has 0 spiro atoms. The summed E-state index contributed by atoms with van der Waals surface area (Å²) in [6.45, 7) is 4.39. The van der Waals surface area contributed by atoms with Gasteiger partial charge >= 0.3 is 0 Å². The Labute approximate surface area is 115 Å². The molecule has 106 valence electrons. The minimum absolute atomic E-state index is 0.221. The lowest BCUT2D eigenvalue weighted by molar-refractivity contribution is 0.176. The third-order valence-corrected chi connectivity index (χ3v) is 4.01. The zero-order valence-electron chi connectivity index (χ0n) is 12.0. The first kappa shape index (κ1) is 14.2. The van der Waals surface area contributed by atoms with Crippen LogP contribution in [0, 0.1) is 0 Å². The number of likely N-dealkylation sites (N-methyl/N-ethyl adjacent to an activating group) is 1. The Morgan fingerprint density at radius 2 is 2.05 bits per heavy atom. The number of hydrogen-bond acceptors (Lipinski definition) is 4. The van der Waals surface area contributed by atoms with Gasteiger partial charge in [-0.1, -0.05) is 12.1 Å². The topological polar surface area (TPSA) is 35.9 Å². The maximum Gasteiger partial charge on any atom is 0.142 e. The van der Waals surface area contributed by atoms with Crippen molar-refractivity contribution in [1.82, 2.24) is 4.90 Å². The maximum absolute atomic E-state index is 9.29. The Bertz CT molecular complexity index is 411. The molecule has 19 heavy (non-hydrogen) atoms. The predicted octanol–water partition coefficient (Wildman–Crippen LogP) is 1.59. The molecule has 4 heteroatoms. The van der Waals surface area contributed by atoms with Gasteiger partial charge < -0.3 is 14.7 Å². The maximum atomic E-state index is 9.29. The van der Waals surface area contributed by atoms with E-state index in [4.69, 9.17) is 4.74 Å². The minimum Gasteiger partial charge on any atom is -0.495 e. The van der Waals surface area contributed by atoms with Gasteiger partial charge in [0.25, 0.3) is 0 Å². The lowest BCUT2D eigenvalue weighted by Crippen LogP contribution is -2.56. The van der Waals surface area contributed by atoms with E-state index in [2.05, 4.69) is 29.8 Å². The average Bonchev–Trinajstić information content (AvgIpc) is 2.43. The normalized spacial score (nSPS) is 24.5. The third kappa shape index (κ3) is 3.01. The first-order valence-electron chi connectivity index (χ1n) is 6.88. The molecule has 1 N–H and O–H groups in total. The molecule has 1 aliphatic rings. The Hall–Kier alpha value is -1.26. The summed E-state index contributed by atoms with van der Waals surface area (Å²) in [4.78, 5) is 4.73. The van der Waals surface area contributed by atoms with Crippen LogP contribution in [-0.4, -0.2) is 55.9 Å². The summed E-state index contributed by atoms with van der Waals surface area (Å²) >= 11 is 0. The number of para-hydroxylation sites is 2. The van der Waals surface area contributed by atoms with E-state index < -0.39 is 0 Å². The highest BCUT2D eigenvalue weighted by Gasteiger charge is 2.30. The van der Waals surface area contributed by atoms with E-state index in [1.807, 2.05) is 18.2 Å². The van der Waals surface area contributed by atoms with Crippen LogP contribution in [0.15, 0.2) is 24.3 Å². The summed E-state index contributed by atoms with van der Waals surface area (Å²) in [5.74, 6) is 0.905. The van der Waals surface area contributed by atoms with Crippen LogP contribution in [0.4, 0.5) is 5.69 Å². The number of rotatable bonds is 4. The van der Waals surface area contributed by atoms with Crippen LogP contribution in [0.3, 0.4) is 0 Å². The minimum atomic E-state index is 0.221. The molecule has 4 nitrogen and oxygen atoms in total. The van der Waals surface area contributed by atoms with Crippen LogP contribution in [0.2, 0.25) is 0 Å². The quantitative estimate of drug-likeness (QED) is 0.896. The molecule has 2 unspecified atom stereocenters. The van der Waals surface area contributed by atoms with Crippen LogP contribution in [0.5, 0.6) is 5.75 Å². The second kappa shape index (κ2) is 6.26. The van der Waals surface area contributed by atoms with Crippen molar-refractivity contribution in [1.29, 1.82) is 0 Å². The van der Waals surface area contributed by atoms with Crippen LogP contribution < -0.4 is 9.64 Å². The predicted molar refractivity (Wildman–Crippen MR) is 77.9 cm³/mol. The van der Waals surface area contributed by atoms with Crippen LogP contribution in [-0.2, 0) is 0 Å². The van der Waals surface area contributed by atoms with Gasteiger partial charge in [0, 0.05) is 31.8 Å². The Balaban J connectivity index is 2.28. The molecule has 0 amide bonds. The van der Waals surface area contributed by atoms with Gasteiger partial charge in [-0.15, -0.1) is 0 Å². The summed E-state index contributed by atoms with van der Waals surface area (Å²) < 4.78 is 5.47. The molecular weight excluding hydrogens is 240 g/mol. The second-order valence-electron chi connectivity index (χ2n) is 5.28. The number of piperazine rings is 1. The molecule has 1 aliphatic heterocycles. The number of aliphatic hydroxyl groups excluding tert-OH is 1. The van der Waals surface area contributed by atoms with Gasteiger partial charge in [0.2, 0.25) is 0 Å². The van der Waals surface area contributed by atoms with Gasteiger partial charge in [-0.05, 0) is 32.5 Å². The zero-order valence-corrected chi connectivity index (χ0v) is 12.0. The molecule has 2 rings (SSSR count). The van der Waals surface area contributed by atoms with E-state index >= 15 is 0 Å². The van der Waals surface area contributed by atoms with Crippen LogP contribution in [0.25, 0.3) is 0 Å². The highest BCUT2D eigenvalue weighted by atomic mass is 16.5. The zero-order chi connectivity index (χ0) is 13.8. The molecule has 1 saturated heterocycles. The van der Waals surface area contributed by atoms with E-state index in [9.17, 15) is 5.11 Å². The Kier molecular flexibility index (Phi) is 4.66. The first-order valence-corrected chi connectivity index (χ1v) is 6.88. The number of anilines is 1. The van der Waals surface area contributed by atoms with Crippen molar-refractivity contribution in [2.45, 2.75) is 25.4 Å². The number of benzene rings is 1. The summed E-state index contributed by atoms with van der Waals surface area (Å²) in [6, 6.07) is 8.96. The molecule has 1 fully saturated rings. The number of nitrogens with zero attached hydrogens (tertiary/aromatic N) is 2. The fraction of sp³-hybridized carbons (Fsp3) is 0.600. The monoisotopic (exact) mass is 264 g/mol. The van der Waals surface area contributed by atoms with Gasteiger partial charge in [0.15, 0.2) is 0 Å². The highest BCUT2D eigenvalue weighted by molar-refractivity contribution is 5.59. The van der Waals surface area contributed by atoms with E-state index in [1.54, 1.807) is 7.11 Å². The molecule has 0 bridgehead atoms.